The van der Waals surface area contributed by atoms with E-state index in [-0.39, 0.29) is 0 Å². The van der Waals surface area contributed by atoms with Crippen LogP contribution in [0.1, 0.15) is 44.2 Å². The second-order valence-corrected chi connectivity index (χ2v) is 6.22. The van der Waals surface area contributed by atoms with Crippen LogP contribution in [0.3, 0.4) is 0 Å². The summed E-state index contributed by atoms with van der Waals surface area (Å²) in [6, 6.07) is 6.53. The minimum atomic E-state index is 0.468. The Labute approximate surface area is 123 Å². The minimum Gasteiger partial charge on any atom is -0.370 e. The first-order valence-corrected chi connectivity index (χ1v) is 7.67. The van der Waals surface area contributed by atoms with E-state index in [2.05, 4.69) is 67.1 Å². The molecular weight excluding hydrogens is 300 g/mol. The largest absolute Gasteiger partial charge is 0.370 e. The Morgan fingerprint density at radius 3 is 2.63 bits per heavy atom. The second kappa shape index (κ2) is 5.91. The lowest BCUT2D eigenvalue weighted by molar-refractivity contribution is 0.856. The summed E-state index contributed by atoms with van der Waals surface area (Å²) in [4.78, 5) is 4.84. The van der Waals surface area contributed by atoms with Gasteiger partial charge in [-0.15, -0.1) is 0 Å². The van der Waals surface area contributed by atoms with Crippen molar-refractivity contribution < 1.29 is 0 Å². The monoisotopic (exact) mass is 320 g/mol. The molecule has 1 N–H and O–H groups in total. The lowest BCUT2D eigenvalue weighted by Crippen LogP contribution is -2.07. The fourth-order valence-corrected chi connectivity index (χ4v) is 2.85. The summed E-state index contributed by atoms with van der Waals surface area (Å²) < 4.78 is 1.11. The number of hydrogen-bond donors (Lipinski definition) is 1. The third-order valence-corrected chi connectivity index (χ3v) is 3.73. The molecule has 0 unspecified atom stereocenters. The maximum atomic E-state index is 4.84. The smallest absolute Gasteiger partial charge is 0.130 e. The van der Waals surface area contributed by atoms with Crippen LogP contribution in [-0.2, 0) is 0 Å². The van der Waals surface area contributed by atoms with Gasteiger partial charge >= 0.3 is 0 Å². The normalized spacial score (nSPS) is 11.3. The maximum Gasteiger partial charge on any atom is 0.130 e. The Balaban J connectivity index is 2.62. The number of aryl methyl sites for hydroxylation is 1. The zero-order valence-corrected chi connectivity index (χ0v) is 13.6. The highest BCUT2D eigenvalue weighted by Gasteiger charge is 2.11. The fourth-order valence-electron chi connectivity index (χ4n) is 2.26. The second-order valence-electron chi connectivity index (χ2n) is 5.30. The van der Waals surface area contributed by atoms with Gasteiger partial charge in [0.15, 0.2) is 0 Å². The summed E-state index contributed by atoms with van der Waals surface area (Å²) in [7, 11) is 0. The van der Waals surface area contributed by atoms with Crippen LogP contribution in [-0.4, -0.2) is 11.5 Å². The quantitative estimate of drug-likeness (QED) is 0.832. The van der Waals surface area contributed by atoms with Gasteiger partial charge < -0.3 is 5.32 Å². The number of fused-ring (bicyclic) bond motifs is 1. The van der Waals surface area contributed by atoms with E-state index in [0.29, 0.717) is 5.92 Å². The molecule has 2 rings (SSSR count). The number of halogens is 1. The fraction of sp³-hybridized carbons (Fsp3) is 0.438. The topological polar surface area (TPSA) is 24.9 Å². The highest BCUT2D eigenvalue weighted by atomic mass is 79.9. The van der Waals surface area contributed by atoms with Gasteiger partial charge in [-0.2, -0.15) is 0 Å². The van der Waals surface area contributed by atoms with E-state index in [1.807, 2.05) is 0 Å². The van der Waals surface area contributed by atoms with Gasteiger partial charge in [0.2, 0.25) is 0 Å². The third kappa shape index (κ3) is 3.08. The van der Waals surface area contributed by atoms with E-state index < -0.39 is 0 Å². The Bertz CT molecular complexity index is 591. The maximum absolute atomic E-state index is 4.84. The molecule has 0 radical (unpaired) electrons. The van der Waals surface area contributed by atoms with Gasteiger partial charge in [0.05, 0.1) is 5.52 Å². The van der Waals surface area contributed by atoms with Gasteiger partial charge in [0, 0.05) is 16.4 Å². The van der Waals surface area contributed by atoms with Gasteiger partial charge in [0.25, 0.3) is 0 Å². The highest BCUT2D eigenvalue weighted by Crippen LogP contribution is 2.30. The average molecular weight is 321 g/mol. The molecule has 2 aromatic rings. The predicted molar refractivity (Wildman–Crippen MR) is 87.0 cm³/mol. The average Bonchev–Trinajstić information content (AvgIpc) is 2.35. The first-order valence-electron chi connectivity index (χ1n) is 6.87. The summed E-state index contributed by atoms with van der Waals surface area (Å²) in [6.45, 7) is 9.67. The summed E-state index contributed by atoms with van der Waals surface area (Å²) in [6.07, 6.45) is 1.11. The van der Waals surface area contributed by atoms with E-state index in [9.17, 15) is 0 Å². The van der Waals surface area contributed by atoms with Crippen molar-refractivity contribution in [3.05, 3.63) is 33.8 Å². The van der Waals surface area contributed by atoms with Crippen molar-refractivity contribution in [2.45, 2.75) is 40.0 Å². The number of aromatic nitrogens is 1. The summed E-state index contributed by atoms with van der Waals surface area (Å²) >= 11 is 3.56. The van der Waals surface area contributed by atoms with Crippen molar-refractivity contribution in [1.82, 2.24) is 4.98 Å². The van der Waals surface area contributed by atoms with E-state index in [4.69, 9.17) is 4.98 Å². The predicted octanol–water partition coefficient (Wildman–Crippen LogP) is 5.25. The van der Waals surface area contributed by atoms with Crippen LogP contribution in [0.15, 0.2) is 22.7 Å². The number of anilines is 1. The molecule has 0 spiro atoms. The van der Waals surface area contributed by atoms with Gasteiger partial charge in [-0.3, -0.25) is 0 Å². The van der Waals surface area contributed by atoms with Crippen molar-refractivity contribution >= 4 is 32.7 Å². The molecule has 0 fully saturated rings. The minimum absolute atomic E-state index is 0.468. The van der Waals surface area contributed by atoms with E-state index >= 15 is 0 Å². The van der Waals surface area contributed by atoms with Crippen LogP contribution in [0.4, 0.5) is 5.82 Å². The van der Waals surface area contributed by atoms with Crippen LogP contribution in [0.2, 0.25) is 0 Å². The number of pyridine rings is 1. The zero-order valence-electron chi connectivity index (χ0n) is 12.0. The number of hydrogen-bond acceptors (Lipinski definition) is 2. The van der Waals surface area contributed by atoms with E-state index in [0.717, 1.165) is 28.8 Å². The number of benzene rings is 1. The Morgan fingerprint density at radius 1 is 1.26 bits per heavy atom. The molecule has 0 aliphatic carbocycles. The van der Waals surface area contributed by atoms with Crippen LogP contribution >= 0.6 is 15.9 Å². The van der Waals surface area contributed by atoms with Gasteiger partial charge in [-0.1, -0.05) is 36.7 Å². The van der Waals surface area contributed by atoms with Crippen molar-refractivity contribution in [3.8, 4) is 0 Å². The SMILES string of the molecule is CCCNc1nc2c(C)cc(Br)cc2cc1C(C)C. The van der Waals surface area contributed by atoms with Gasteiger partial charge in [0.1, 0.15) is 5.82 Å². The van der Waals surface area contributed by atoms with Crippen molar-refractivity contribution in [1.29, 1.82) is 0 Å². The van der Waals surface area contributed by atoms with Crippen LogP contribution < -0.4 is 5.32 Å². The van der Waals surface area contributed by atoms with E-state index in [1.54, 1.807) is 0 Å². The molecule has 0 aliphatic rings. The molecular formula is C16H21BrN2. The molecule has 0 saturated carbocycles. The summed E-state index contributed by atoms with van der Waals surface area (Å²) in [5, 5.41) is 4.66. The Morgan fingerprint density at radius 2 is 2.00 bits per heavy atom. The number of rotatable bonds is 4. The Hall–Kier alpha value is -1.09. The molecule has 0 bridgehead atoms. The van der Waals surface area contributed by atoms with Gasteiger partial charge in [-0.05, 0) is 48.6 Å². The molecule has 0 amide bonds. The summed E-state index contributed by atoms with van der Waals surface area (Å²) in [5.41, 5.74) is 3.59. The molecule has 102 valence electrons. The number of nitrogens with zero attached hydrogens (tertiary/aromatic N) is 1. The molecule has 19 heavy (non-hydrogen) atoms. The van der Waals surface area contributed by atoms with Gasteiger partial charge in [-0.25, -0.2) is 4.98 Å². The van der Waals surface area contributed by atoms with Crippen LogP contribution in [0.25, 0.3) is 10.9 Å². The Kier molecular flexibility index (Phi) is 4.46. The van der Waals surface area contributed by atoms with Crippen molar-refractivity contribution in [2.75, 3.05) is 11.9 Å². The molecule has 2 nitrogen and oxygen atoms in total. The standard InChI is InChI=1S/C16H21BrN2/c1-5-6-18-16-14(10(2)3)9-12-8-13(17)7-11(4)15(12)19-16/h7-10H,5-6H2,1-4H3,(H,18,19). The van der Waals surface area contributed by atoms with Crippen molar-refractivity contribution in [3.63, 3.8) is 0 Å². The van der Waals surface area contributed by atoms with E-state index in [1.165, 1.54) is 16.5 Å². The molecule has 1 aromatic heterocycles. The lowest BCUT2D eigenvalue weighted by Gasteiger charge is -2.15. The lowest BCUT2D eigenvalue weighted by atomic mass is 10.0. The molecule has 0 saturated heterocycles. The molecule has 0 aliphatic heterocycles. The van der Waals surface area contributed by atoms with Crippen LogP contribution in [0, 0.1) is 6.92 Å². The van der Waals surface area contributed by atoms with Crippen LogP contribution in [0.5, 0.6) is 0 Å². The molecule has 0 atom stereocenters. The number of nitrogens with one attached hydrogen (secondary N) is 1. The first kappa shape index (κ1) is 14.3. The summed E-state index contributed by atoms with van der Waals surface area (Å²) in [5.74, 6) is 1.50. The highest BCUT2D eigenvalue weighted by molar-refractivity contribution is 9.10. The third-order valence-electron chi connectivity index (χ3n) is 3.27. The molecule has 1 aromatic carbocycles. The van der Waals surface area contributed by atoms with Crippen molar-refractivity contribution in [2.24, 2.45) is 0 Å². The molecule has 1 heterocycles. The first-order chi connectivity index (χ1) is 9.02. The zero-order chi connectivity index (χ0) is 14.0. The molecule has 3 heteroatoms.